The molecule has 6 rings (SSSR count). The number of carbonyl (C=O) groups is 4. The Hall–Kier alpha value is -6.12. The fraction of sp³-hybridized carbons (Fsp3) is 0.509. The Kier molecular flexibility index (Phi) is 23.0. The summed E-state index contributed by atoms with van der Waals surface area (Å²) in [6.07, 6.45) is 2.37. The molecule has 4 aromatic rings. The highest BCUT2D eigenvalue weighted by atomic mass is 32.2. The molecule has 0 aliphatic heterocycles. The van der Waals surface area contributed by atoms with Crippen molar-refractivity contribution in [3.05, 3.63) is 117 Å². The fourth-order valence-electron chi connectivity index (χ4n) is 10.2. The second kappa shape index (κ2) is 28.2. The molecule has 454 valence electrons. The third kappa shape index (κ3) is 19.5. The van der Waals surface area contributed by atoms with Gasteiger partial charge in [0.2, 0.25) is 0 Å². The van der Waals surface area contributed by atoms with Crippen molar-refractivity contribution in [2.75, 3.05) is 41.8 Å². The number of thiocarbonyl (C=S) groups is 2. The molecule has 16 nitrogen and oxygen atoms in total. The van der Waals surface area contributed by atoms with E-state index in [2.05, 4.69) is 31.2 Å². The predicted octanol–water partition coefficient (Wildman–Crippen LogP) is 10.6. The van der Waals surface area contributed by atoms with E-state index in [-0.39, 0.29) is 69.3 Å². The summed E-state index contributed by atoms with van der Waals surface area (Å²) >= 11 is 11.3. The van der Waals surface area contributed by atoms with E-state index in [1.807, 2.05) is 0 Å². The van der Waals surface area contributed by atoms with E-state index in [1.165, 1.54) is 59.4 Å². The first-order chi connectivity index (χ1) is 38.5. The number of nitrogens with one attached hydrogen (secondary N) is 4. The number of carbonyl (C=O) groups excluding carboxylic acids is 3. The van der Waals surface area contributed by atoms with Crippen molar-refractivity contribution in [1.82, 2.24) is 20.6 Å². The van der Waals surface area contributed by atoms with Gasteiger partial charge in [0, 0.05) is 70.5 Å². The Morgan fingerprint density at radius 3 is 1.27 bits per heavy atom. The summed E-state index contributed by atoms with van der Waals surface area (Å²) in [7, 11) is -4.81. The molecular weight excluding hydrogens is 1170 g/mol. The van der Waals surface area contributed by atoms with Crippen LogP contribution in [0.5, 0.6) is 0 Å². The number of aromatic nitrogens is 2. The van der Waals surface area contributed by atoms with E-state index in [0.29, 0.717) is 53.2 Å². The maximum atomic E-state index is 13.6. The number of amides is 2. The largest absolute Gasteiger partial charge is 0.480 e. The molecule has 2 aliphatic carbocycles. The molecule has 83 heavy (non-hydrogen) atoms. The number of nitrogens with zero attached hydrogens (tertiary/aromatic N) is 2. The van der Waals surface area contributed by atoms with Crippen LogP contribution in [0, 0.1) is 38.5 Å². The number of benzene rings is 2. The number of anilines is 2. The van der Waals surface area contributed by atoms with Crippen molar-refractivity contribution in [2.24, 2.45) is 10.8 Å². The van der Waals surface area contributed by atoms with Gasteiger partial charge < -0.3 is 31.1 Å². The molecule has 0 unspecified atom stereocenters. The van der Waals surface area contributed by atoms with Crippen LogP contribution >= 0.6 is 24.4 Å². The number of ether oxygens (including phenoxy) is 1. The number of carboxylic acids is 1. The second-order valence-corrected chi connectivity index (χ2v) is 26.9. The average Bonchev–Trinajstić information content (AvgIpc) is 3.42. The molecule has 5 N–H and O–H groups in total. The van der Waals surface area contributed by atoms with Gasteiger partial charge >= 0.3 is 24.3 Å². The number of methoxy groups -OCH3 is 1. The third-order valence-electron chi connectivity index (χ3n) is 14.8. The van der Waals surface area contributed by atoms with Crippen LogP contribution < -0.4 is 21.3 Å². The van der Waals surface area contributed by atoms with Gasteiger partial charge in [0.05, 0.1) is 50.7 Å². The number of rotatable bonds is 24. The number of alkyl halides is 6. The molecule has 2 heterocycles. The van der Waals surface area contributed by atoms with Crippen molar-refractivity contribution < 1.29 is 72.2 Å². The Morgan fingerprint density at radius 1 is 0.614 bits per heavy atom. The number of unbranched alkanes of at least 4 members (excludes halogenated alkanes) is 2. The first kappa shape index (κ1) is 67.7. The number of hydrogen-bond acceptors (Lipinski definition) is 13. The molecule has 0 bridgehead atoms. The first-order valence-electron chi connectivity index (χ1n) is 26.7. The van der Waals surface area contributed by atoms with Crippen LogP contribution in [0.25, 0.3) is 0 Å². The van der Waals surface area contributed by atoms with Crippen LogP contribution in [0.15, 0.2) is 60.7 Å². The third-order valence-corrected chi connectivity index (χ3v) is 18.0. The van der Waals surface area contributed by atoms with Crippen LogP contribution in [-0.4, -0.2) is 109 Å². The van der Waals surface area contributed by atoms with E-state index in [4.69, 9.17) is 29.2 Å². The fourth-order valence-corrected chi connectivity index (χ4v) is 12.5. The summed E-state index contributed by atoms with van der Waals surface area (Å²) in [5.41, 5.74) is -1.77. The lowest BCUT2D eigenvalue weighted by atomic mass is 9.65. The summed E-state index contributed by atoms with van der Waals surface area (Å²) in [4.78, 5) is 59.3. The number of carboxylic acid groups (broad SMARTS) is 1. The van der Waals surface area contributed by atoms with Gasteiger partial charge in [-0.05, 0) is 127 Å². The monoisotopic (exact) mass is 1240 g/mol. The minimum absolute atomic E-state index is 0.0287. The van der Waals surface area contributed by atoms with Crippen LogP contribution in [0.2, 0.25) is 0 Å². The molecule has 0 spiro atoms. The lowest BCUT2D eigenvalue weighted by Gasteiger charge is -2.43. The topological polar surface area (TPSA) is 240 Å². The minimum atomic E-state index is -4.73. The van der Waals surface area contributed by atoms with E-state index < -0.39 is 90.1 Å². The normalized spacial score (nSPS) is 15.4. The van der Waals surface area contributed by atoms with Gasteiger partial charge in [0.15, 0.2) is 0 Å². The molecule has 2 aliphatic rings. The summed E-state index contributed by atoms with van der Waals surface area (Å²) in [6.45, 7) is 5.55. The van der Waals surface area contributed by atoms with E-state index in [0.717, 1.165) is 57.1 Å². The maximum Gasteiger partial charge on any atom is 0.417 e. The molecule has 0 saturated heterocycles. The zero-order chi connectivity index (χ0) is 61.9. The van der Waals surface area contributed by atoms with Crippen LogP contribution in [0.4, 0.5) is 37.7 Å². The molecule has 2 aromatic carbocycles. The highest BCUT2D eigenvalue weighted by molar-refractivity contribution is 7.90. The van der Waals surface area contributed by atoms with Gasteiger partial charge in [-0.25, -0.2) is 26.4 Å². The summed E-state index contributed by atoms with van der Waals surface area (Å²) in [6, 6.07) is 12.4. The molecule has 2 aromatic heterocycles. The quantitative estimate of drug-likeness (QED) is 0.0190. The van der Waals surface area contributed by atoms with E-state index in [1.54, 1.807) is 36.4 Å². The van der Waals surface area contributed by atoms with Crippen molar-refractivity contribution in [3.8, 4) is 0 Å². The lowest BCUT2D eigenvalue weighted by Crippen LogP contribution is -2.51. The first-order valence-corrected chi connectivity index (χ1v) is 31.7. The number of aliphatic carboxylic acids is 1. The molecule has 2 atom stereocenters. The van der Waals surface area contributed by atoms with Crippen LogP contribution in [0.3, 0.4) is 0 Å². The van der Waals surface area contributed by atoms with Crippen molar-refractivity contribution in [2.45, 2.75) is 142 Å². The zero-order valence-electron chi connectivity index (χ0n) is 47.2. The molecule has 2 fully saturated rings. The minimum Gasteiger partial charge on any atom is -0.480 e. The standard InChI is InChI=1S/C29H36F3N3O5S2.C28H34F3N3O5S2/c1-18-16-22(29(30,31)32)24(19(2)33-18)25(36)34-21-10-8-20(9-11-21)17-23(26(37)40-3)35-27(41)28(13-7-14-28)12-5-6-15-42(4,38)39;1-17-15-21(28(29,30)31)23(18(2)32-17)24(35)33-20-9-7-19(8-10-20)16-22(25(36)37)34-26(40)27(12-6-13-27)11-4-5-14-41(3,38)39/h8-11,16,23H,5-7,12-15,17H2,1-4H3,(H,34,36)(H,35,41);7-10,15,22H,4-6,11-14,16H2,1-3H3,(H,33,35)(H,34,40)(H,36,37)/t23-;22-/m00/s1. The number of sulfone groups is 2. The SMILES string of the molecule is COC(=O)[C@H](Cc1ccc(NC(=O)c2c(C(F)(F)F)cc(C)nc2C)cc1)NC(=S)C1(CCCCS(C)(=O)=O)CCC1.Cc1cc(C(F)(F)F)c(C(=O)Nc2ccc(C[C@H](NC(=S)C3(CCCCS(C)(=O)=O)CCC3)C(=O)O)cc2)c(C)n1. The summed E-state index contributed by atoms with van der Waals surface area (Å²) < 4.78 is 132. The Balaban J connectivity index is 0.000000304. The van der Waals surface area contributed by atoms with Crippen molar-refractivity contribution in [1.29, 1.82) is 0 Å². The second-order valence-electron chi connectivity index (χ2n) is 21.6. The van der Waals surface area contributed by atoms with Gasteiger partial charge in [-0.1, -0.05) is 74.4 Å². The van der Waals surface area contributed by atoms with E-state index >= 15 is 0 Å². The zero-order valence-corrected chi connectivity index (χ0v) is 50.4. The average molecular weight is 1240 g/mol. The van der Waals surface area contributed by atoms with Crippen molar-refractivity contribution in [3.63, 3.8) is 0 Å². The molecule has 26 heteroatoms. The number of aryl methyl sites for hydroxylation is 4. The van der Waals surface area contributed by atoms with Crippen LogP contribution in [0.1, 0.15) is 143 Å². The smallest absolute Gasteiger partial charge is 0.417 e. The van der Waals surface area contributed by atoms with Gasteiger partial charge in [-0.15, -0.1) is 0 Å². The van der Waals surface area contributed by atoms with Gasteiger partial charge in [0.1, 0.15) is 31.8 Å². The molecular formula is C57H70F6N6O10S4. The van der Waals surface area contributed by atoms with Crippen molar-refractivity contribution >= 4 is 89.2 Å². The summed E-state index contributed by atoms with van der Waals surface area (Å²) in [5.74, 6) is -3.27. The Morgan fingerprint density at radius 2 is 0.964 bits per heavy atom. The number of halogens is 6. The number of esters is 1. The van der Waals surface area contributed by atoms with E-state index in [9.17, 15) is 67.5 Å². The Bertz CT molecular complexity index is 3260. The molecule has 0 radical (unpaired) electrons. The highest BCUT2D eigenvalue weighted by Gasteiger charge is 2.44. The number of pyridine rings is 2. The van der Waals surface area contributed by atoms with Gasteiger partial charge in [0.25, 0.3) is 11.8 Å². The highest BCUT2D eigenvalue weighted by Crippen LogP contribution is 2.47. The van der Waals surface area contributed by atoms with Gasteiger partial charge in [-0.2, -0.15) is 26.3 Å². The predicted molar refractivity (Wildman–Crippen MR) is 312 cm³/mol. The van der Waals surface area contributed by atoms with Crippen LogP contribution in [-0.2, 0) is 59.2 Å². The maximum absolute atomic E-state index is 13.6. The molecule has 2 saturated carbocycles. The lowest BCUT2D eigenvalue weighted by molar-refractivity contribution is -0.143. The molecule has 2 amide bonds. The summed E-state index contributed by atoms with van der Waals surface area (Å²) in [5, 5.41) is 21.0. The van der Waals surface area contributed by atoms with Gasteiger partial charge in [-0.3, -0.25) is 19.6 Å². The Labute approximate surface area is 491 Å². The number of hydrogen-bond donors (Lipinski definition) is 5.